The second-order valence-electron chi connectivity index (χ2n) is 7.17. The minimum absolute atomic E-state index is 0.0321. The van der Waals surface area contributed by atoms with E-state index in [0.717, 1.165) is 29.7 Å². The molecule has 23 heavy (non-hydrogen) atoms. The lowest BCUT2D eigenvalue weighted by molar-refractivity contribution is -0.116. The van der Waals surface area contributed by atoms with Gasteiger partial charge < -0.3 is 5.32 Å². The van der Waals surface area contributed by atoms with Gasteiger partial charge in [-0.1, -0.05) is 12.1 Å². The van der Waals surface area contributed by atoms with Crippen LogP contribution in [0.3, 0.4) is 0 Å². The third-order valence-electron chi connectivity index (χ3n) is 5.97. The summed E-state index contributed by atoms with van der Waals surface area (Å²) in [6.45, 7) is 13.4. The average molecular weight is 329 g/mol. The van der Waals surface area contributed by atoms with Gasteiger partial charge in [0.25, 0.3) is 5.91 Å². The second kappa shape index (κ2) is 5.91. The maximum atomic E-state index is 13.2. The number of amides is 1. The van der Waals surface area contributed by atoms with Crippen LogP contribution >= 0.6 is 7.26 Å². The number of aryl methyl sites for hydroxylation is 2. The Hall–Kier alpha value is -1.39. The van der Waals surface area contributed by atoms with Crippen LogP contribution in [0.25, 0.3) is 4.85 Å². The summed E-state index contributed by atoms with van der Waals surface area (Å²) in [4.78, 5) is 16.7. The SMILES string of the molecule is [C-]#[N+]c1cc(C)c(NC(=O)C2([P+]3(CC)CCCC3)CC2)c(C)c1. The molecule has 1 N–H and O–H groups in total. The zero-order valence-corrected chi connectivity index (χ0v) is 15.3. The van der Waals surface area contributed by atoms with Crippen LogP contribution in [-0.4, -0.2) is 29.5 Å². The largest absolute Gasteiger partial charge is 0.322 e. The summed E-state index contributed by atoms with van der Waals surface area (Å²) in [5, 5.41) is 3.22. The Morgan fingerprint density at radius 3 is 2.26 bits per heavy atom. The molecule has 4 heteroatoms. The van der Waals surface area contributed by atoms with Gasteiger partial charge in [0.15, 0.2) is 10.8 Å². The zero-order valence-electron chi connectivity index (χ0n) is 14.4. The first kappa shape index (κ1) is 16.5. The van der Waals surface area contributed by atoms with Crippen LogP contribution in [0.4, 0.5) is 11.4 Å². The van der Waals surface area contributed by atoms with Crippen molar-refractivity contribution in [3.05, 3.63) is 34.7 Å². The molecule has 1 amide bonds. The number of rotatable bonds is 4. The van der Waals surface area contributed by atoms with E-state index in [1.165, 1.54) is 31.3 Å². The molecule has 0 unspecified atom stereocenters. The Bertz CT molecular complexity index is 656. The Morgan fingerprint density at radius 1 is 1.26 bits per heavy atom. The number of nitrogens with zero attached hydrogens (tertiary/aromatic N) is 1. The summed E-state index contributed by atoms with van der Waals surface area (Å²) in [6, 6.07) is 3.74. The van der Waals surface area contributed by atoms with Gasteiger partial charge in [-0.05, 0) is 44.7 Å². The first-order valence-corrected chi connectivity index (χ1v) is 11.0. The van der Waals surface area contributed by atoms with Crippen LogP contribution in [0.15, 0.2) is 12.1 Å². The van der Waals surface area contributed by atoms with Crippen LogP contribution in [0.1, 0.15) is 43.7 Å². The topological polar surface area (TPSA) is 33.5 Å². The molecule has 1 saturated heterocycles. The minimum atomic E-state index is -1.12. The molecule has 1 heterocycles. The smallest absolute Gasteiger partial charge is 0.268 e. The summed E-state index contributed by atoms with van der Waals surface area (Å²) in [7, 11) is -1.12. The molecule has 2 aliphatic rings. The number of carbonyl (C=O) groups is 1. The molecule has 0 aromatic heterocycles. The molecule has 2 fully saturated rings. The van der Waals surface area contributed by atoms with Crippen LogP contribution in [0.2, 0.25) is 0 Å². The standard InChI is InChI=1S/C19H25N2OP/c1-5-23(10-6-7-11-23)19(8-9-19)18(22)21-17-14(2)12-16(20-4)13-15(17)3/h12-13H,5-11H2,1-3H3/p+1. The maximum Gasteiger partial charge on any atom is 0.268 e. The van der Waals surface area contributed by atoms with Crippen molar-refractivity contribution in [2.75, 3.05) is 23.8 Å². The molecule has 0 radical (unpaired) electrons. The van der Waals surface area contributed by atoms with Crippen molar-refractivity contribution in [2.45, 2.75) is 51.6 Å². The van der Waals surface area contributed by atoms with E-state index in [9.17, 15) is 4.79 Å². The molecule has 1 aromatic carbocycles. The molecule has 0 atom stereocenters. The number of anilines is 1. The van der Waals surface area contributed by atoms with E-state index in [4.69, 9.17) is 6.57 Å². The Morgan fingerprint density at radius 2 is 1.83 bits per heavy atom. The van der Waals surface area contributed by atoms with Crippen molar-refractivity contribution in [2.24, 2.45) is 0 Å². The van der Waals surface area contributed by atoms with Crippen molar-refractivity contribution in [3.8, 4) is 0 Å². The van der Waals surface area contributed by atoms with Gasteiger partial charge in [0.1, 0.15) is 0 Å². The zero-order chi connectivity index (χ0) is 16.7. The monoisotopic (exact) mass is 329 g/mol. The van der Waals surface area contributed by atoms with E-state index in [1.807, 2.05) is 26.0 Å². The van der Waals surface area contributed by atoms with Gasteiger partial charge in [0.2, 0.25) is 0 Å². The van der Waals surface area contributed by atoms with E-state index >= 15 is 0 Å². The van der Waals surface area contributed by atoms with Gasteiger partial charge in [0.05, 0.1) is 25.1 Å². The minimum Gasteiger partial charge on any atom is -0.322 e. The van der Waals surface area contributed by atoms with Crippen molar-refractivity contribution >= 4 is 24.5 Å². The normalized spacial score (nSPS) is 20.8. The fraction of sp³-hybridized carbons (Fsp3) is 0.579. The number of hydrogen-bond acceptors (Lipinski definition) is 1. The molecule has 0 bridgehead atoms. The highest BCUT2D eigenvalue weighted by atomic mass is 31.2. The van der Waals surface area contributed by atoms with Crippen molar-refractivity contribution in [3.63, 3.8) is 0 Å². The number of hydrogen-bond donors (Lipinski definition) is 1. The molecule has 1 aromatic rings. The molecule has 3 nitrogen and oxygen atoms in total. The molecule has 1 saturated carbocycles. The fourth-order valence-corrected chi connectivity index (χ4v) is 9.98. The molecule has 1 aliphatic carbocycles. The van der Waals surface area contributed by atoms with Crippen LogP contribution < -0.4 is 5.32 Å². The van der Waals surface area contributed by atoms with Crippen LogP contribution in [0.5, 0.6) is 0 Å². The third kappa shape index (κ3) is 2.58. The van der Waals surface area contributed by atoms with Gasteiger partial charge >= 0.3 is 0 Å². The highest BCUT2D eigenvalue weighted by Gasteiger charge is 2.70. The predicted molar refractivity (Wildman–Crippen MR) is 99.2 cm³/mol. The van der Waals surface area contributed by atoms with Gasteiger partial charge in [0, 0.05) is 25.8 Å². The maximum absolute atomic E-state index is 13.2. The van der Waals surface area contributed by atoms with Gasteiger partial charge in [-0.25, -0.2) is 4.85 Å². The average Bonchev–Trinajstić information content (AvgIpc) is 3.22. The number of nitrogens with one attached hydrogen (secondary N) is 1. The van der Waals surface area contributed by atoms with E-state index in [2.05, 4.69) is 17.1 Å². The second-order valence-corrected chi connectivity index (χ2v) is 11.8. The van der Waals surface area contributed by atoms with E-state index < -0.39 is 7.26 Å². The fourth-order valence-electron chi connectivity index (χ4n) is 4.46. The Labute approximate surface area is 140 Å². The summed E-state index contributed by atoms with van der Waals surface area (Å²) in [6.07, 6.45) is 8.63. The molecule has 1 aliphatic heterocycles. The van der Waals surface area contributed by atoms with Crippen molar-refractivity contribution in [1.82, 2.24) is 0 Å². The molecular formula is C19H26N2OP+. The summed E-state index contributed by atoms with van der Waals surface area (Å²) in [5.74, 6) is 0.261. The number of carbonyl (C=O) groups excluding carboxylic acids is 1. The molecule has 122 valence electrons. The lowest BCUT2D eigenvalue weighted by Crippen LogP contribution is -2.34. The summed E-state index contributed by atoms with van der Waals surface area (Å²) < 4.78 is 0. The van der Waals surface area contributed by atoms with E-state index in [1.54, 1.807) is 0 Å². The highest BCUT2D eigenvalue weighted by Crippen LogP contribution is 2.80. The van der Waals surface area contributed by atoms with Gasteiger partial charge in [-0.15, -0.1) is 0 Å². The molecule has 0 spiro atoms. The summed E-state index contributed by atoms with van der Waals surface area (Å²) in [5.41, 5.74) is 3.56. The first-order chi connectivity index (χ1) is 11.0. The number of benzene rings is 1. The Balaban J connectivity index is 1.87. The summed E-state index contributed by atoms with van der Waals surface area (Å²) >= 11 is 0. The molecular weight excluding hydrogens is 303 g/mol. The first-order valence-electron chi connectivity index (χ1n) is 8.64. The highest BCUT2D eigenvalue weighted by molar-refractivity contribution is 7.78. The van der Waals surface area contributed by atoms with Crippen LogP contribution in [-0.2, 0) is 4.79 Å². The quantitative estimate of drug-likeness (QED) is 0.601. The third-order valence-corrected chi connectivity index (χ3v) is 12.0. The predicted octanol–water partition coefficient (Wildman–Crippen LogP) is 5.16. The van der Waals surface area contributed by atoms with Crippen molar-refractivity contribution in [1.29, 1.82) is 0 Å². The molecule has 3 rings (SSSR count). The lowest BCUT2D eigenvalue weighted by Gasteiger charge is -2.30. The Kier molecular flexibility index (Phi) is 4.23. The lowest BCUT2D eigenvalue weighted by atomic mass is 10.1. The van der Waals surface area contributed by atoms with E-state index in [-0.39, 0.29) is 11.1 Å². The van der Waals surface area contributed by atoms with Crippen LogP contribution in [0, 0.1) is 20.4 Å². The van der Waals surface area contributed by atoms with Gasteiger partial charge in [-0.3, -0.25) is 4.79 Å². The van der Waals surface area contributed by atoms with Gasteiger partial charge in [-0.2, -0.15) is 0 Å². The van der Waals surface area contributed by atoms with E-state index in [0.29, 0.717) is 5.69 Å². The van der Waals surface area contributed by atoms with Crippen molar-refractivity contribution < 1.29 is 4.79 Å².